The van der Waals surface area contributed by atoms with Crippen LogP contribution in [0.15, 0.2) is 48.9 Å². The highest BCUT2D eigenvalue weighted by Gasteiger charge is 2.03. The van der Waals surface area contributed by atoms with E-state index in [4.69, 9.17) is 0 Å². The average molecular weight is 208 g/mol. The van der Waals surface area contributed by atoms with Crippen molar-refractivity contribution in [1.29, 1.82) is 0 Å². The van der Waals surface area contributed by atoms with E-state index in [1.165, 1.54) is 0 Å². The van der Waals surface area contributed by atoms with Crippen molar-refractivity contribution >= 4 is 11.2 Å². The van der Waals surface area contributed by atoms with Crippen molar-refractivity contribution < 1.29 is 0 Å². The van der Waals surface area contributed by atoms with Crippen LogP contribution in [0.5, 0.6) is 0 Å². The largest absolute Gasteiger partial charge is 0.283 e. The van der Waals surface area contributed by atoms with Crippen LogP contribution in [0.25, 0.3) is 16.9 Å². The minimum absolute atomic E-state index is 0.874. The van der Waals surface area contributed by atoms with E-state index < -0.39 is 0 Å². The number of hydrogen-bond donors (Lipinski definition) is 0. The summed E-state index contributed by atoms with van der Waals surface area (Å²) in [7, 11) is 0. The summed E-state index contributed by atoms with van der Waals surface area (Å²) in [5.74, 6) is 0. The third kappa shape index (κ3) is 1.37. The molecule has 3 aromatic rings. The summed E-state index contributed by atoms with van der Waals surface area (Å²) in [5.41, 5.74) is 3.83. The molecular weight excluding hydrogens is 198 g/mol. The highest BCUT2D eigenvalue weighted by Crippen LogP contribution is 2.15. The van der Waals surface area contributed by atoms with E-state index in [0.29, 0.717) is 0 Å². The van der Waals surface area contributed by atoms with Gasteiger partial charge in [-0.25, -0.2) is 9.97 Å². The molecule has 2 heterocycles. The summed E-state index contributed by atoms with van der Waals surface area (Å²) >= 11 is 0. The van der Waals surface area contributed by atoms with Gasteiger partial charge in [0, 0.05) is 11.9 Å². The number of nitrogens with zero attached hydrogens (tertiary/aromatic N) is 3. The molecule has 3 nitrogen and oxygen atoms in total. The predicted molar refractivity (Wildman–Crippen MR) is 63.3 cm³/mol. The third-order valence-corrected chi connectivity index (χ3v) is 2.52. The van der Waals surface area contributed by atoms with Crippen LogP contribution in [0.1, 0.15) is 5.56 Å². The van der Waals surface area contributed by atoms with Crippen molar-refractivity contribution in [3.63, 3.8) is 0 Å². The van der Waals surface area contributed by atoms with Gasteiger partial charge in [-0.05, 0) is 36.8 Å². The van der Waals surface area contributed by atoms with Gasteiger partial charge in [0.2, 0.25) is 0 Å². The summed E-state index contributed by atoms with van der Waals surface area (Å²) in [6.45, 7) is 3.86. The molecule has 2 aromatic heterocycles. The lowest BCUT2D eigenvalue weighted by atomic mass is 10.2. The molecule has 77 valence electrons. The molecule has 1 aromatic carbocycles. The van der Waals surface area contributed by atoms with Gasteiger partial charge in [0.1, 0.15) is 11.8 Å². The Balaban J connectivity index is 2.22. The van der Waals surface area contributed by atoms with Crippen molar-refractivity contribution in [2.45, 2.75) is 0 Å². The maximum atomic E-state index is 4.32. The van der Waals surface area contributed by atoms with Crippen molar-refractivity contribution in [3.05, 3.63) is 61.4 Å². The van der Waals surface area contributed by atoms with Crippen molar-refractivity contribution in [1.82, 2.24) is 14.5 Å². The minimum Gasteiger partial charge on any atom is -0.283 e. The summed E-state index contributed by atoms with van der Waals surface area (Å²) < 4.78 is 1.97. The van der Waals surface area contributed by atoms with Gasteiger partial charge in [-0.2, -0.15) is 0 Å². The fourth-order valence-electron chi connectivity index (χ4n) is 1.69. The number of pyridine rings is 1. The Morgan fingerprint density at radius 1 is 1.00 bits per heavy atom. The second kappa shape index (κ2) is 3.45. The Bertz CT molecular complexity index is 623. The van der Waals surface area contributed by atoms with Crippen molar-refractivity contribution in [2.24, 2.45) is 0 Å². The summed E-state index contributed by atoms with van der Waals surface area (Å²) in [6, 6.07) is 11.8. The highest BCUT2D eigenvalue weighted by atomic mass is 15.1. The van der Waals surface area contributed by atoms with Gasteiger partial charge in [-0.15, -0.1) is 0 Å². The lowest BCUT2D eigenvalue weighted by molar-refractivity contribution is 1.07. The summed E-state index contributed by atoms with van der Waals surface area (Å²) in [4.78, 5) is 8.63. The number of hydrogen-bond acceptors (Lipinski definition) is 2. The van der Waals surface area contributed by atoms with Gasteiger partial charge in [-0.3, -0.25) is 4.57 Å². The second-order valence-corrected chi connectivity index (χ2v) is 3.63. The molecular formula is C13H10N3. The first-order valence-electron chi connectivity index (χ1n) is 5.05. The van der Waals surface area contributed by atoms with Crippen LogP contribution in [0.4, 0.5) is 0 Å². The molecule has 0 bridgehead atoms. The monoisotopic (exact) mass is 208 g/mol. The Morgan fingerprint density at radius 2 is 1.81 bits per heavy atom. The molecule has 3 heteroatoms. The standard InChI is InChI=1S/C13H10N3/c1-10-4-6-11(7-5-10)16-9-15-12-3-2-8-14-13(12)16/h2-9H,1H2. The minimum atomic E-state index is 0.874. The maximum Gasteiger partial charge on any atom is 0.164 e. The zero-order chi connectivity index (χ0) is 11.0. The van der Waals surface area contributed by atoms with Crippen molar-refractivity contribution in [3.8, 4) is 5.69 Å². The molecule has 0 atom stereocenters. The second-order valence-electron chi connectivity index (χ2n) is 3.63. The van der Waals surface area contributed by atoms with E-state index >= 15 is 0 Å². The summed E-state index contributed by atoms with van der Waals surface area (Å²) in [6.07, 6.45) is 3.56. The molecule has 0 aliphatic rings. The molecule has 3 rings (SSSR count). The Morgan fingerprint density at radius 3 is 2.62 bits per heavy atom. The molecule has 1 radical (unpaired) electrons. The average Bonchev–Trinajstić information content (AvgIpc) is 2.74. The molecule has 0 saturated heterocycles. The zero-order valence-corrected chi connectivity index (χ0v) is 8.67. The first-order chi connectivity index (χ1) is 7.84. The van der Waals surface area contributed by atoms with Crippen LogP contribution in [-0.4, -0.2) is 14.5 Å². The lowest BCUT2D eigenvalue weighted by Gasteiger charge is -2.03. The molecule has 0 N–H and O–H groups in total. The SMILES string of the molecule is [CH2]c1ccc(-n2cnc3cccnc32)cc1. The zero-order valence-electron chi connectivity index (χ0n) is 8.67. The lowest BCUT2D eigenvalue weighted by Crippen LogP contribution is -1.93. The fraction of sp³-hybridized carbons (Fsp3) is 0. The molecule has 0 unspecified atom stereocenters. The van der Waals surface area contributed by atoms with Crippen LogP contribution in [0.3, 0.4) is 0 Å². The normalized spacial score (nSPS) is 10.8. The molecule has 0 saturated carbocycles. The fourth-order valence-corrected chi connectivity index (χ4v) is 1.69. The van der Waals surface area contributed by atoms with E-state index in [0.717, 1.165) is 22.4 Å². The number of aromatic nitrogens is 3. The molecule has 0 aliphatic carbocycles. The van der Waals surface area contributed by atoms with Crippen LogP contribution in [0.2, 0.25) is 0 Å². The third-order valence-electron chi connectivity index (χ3n) is 2.52. The highest BCUT2D eigenvalue weighted by molar-refractivity contribution is 5.72. The number of rotatable bonds is 1. The van der Waals surface area contributed by atoms with Gasteiger partial charge in [0.15, 0.2) is 5.65 Å². The van der Waals surface area contributed by atoms with Gasteiger partial charge in [-0.1, -0.05) is 12.1 Å². The van der Waals surface area contributed by atoms with Crippen LogP contribution in [-0.2, 0) is 0 Å². The molecule has 0 aliphatic heterocycles. The van der Waals surface area contributed by atoms with Gasteiger partial charge in [0.05, 0.1) is 0 Å². The first kappa shape index (κ1) is 9.09. The number of imidazole rings is 1. The van der Waals surface area contributed by atoms with Crippen LogP contribution in [0, 0.1) is 6.92 Å². The Hall–Kier alpha value is -2.16. The molecule has 0 fully saturated rings. The van der Waals surface area contributed by atoms with Crippen LogP contribution < -0.4 is 0 Å². The summed E-state index contributed by atoms with van der Waals surface area (Å²) in [5, 5.41) is 0. The quantitative estimate of drug-likeness (QED) is 0.615. The molecule has 0 amide bonds. The maximum absolute atomic E-state index is 4.32. The topological polar surface area (TPSA) is 30.7 Å². The van der Waals surface area contributed by atoms with E-state index in [1.54, 1.807) is 12.5 Å². The predicted octanol–water partition coefficient (Wildman–Crippen LogP) is 2.60. The molecule has 0 spiro atoms. The van der Waals surface area contributed by atoms with Gasteiger partial charge >= 0.3 is 0 Å². The van der Waals surface area contributed by atoms with Crippen LogP contribution >= 0.6 is 0 Å². The van der Waals surface area contributed by atoms with E-state index in [-0.39, 0.29) is 0 Å². The van der Waals surface area contributed by atoms with Gasteiger partial charge < -0.3 is 0 Å². The number of benzene rings is 1. The van der Waals surface area contributed by atoms with E-state index in [2.05, 4.69) is 16.9 Å². The first-order valence-corrected chi connectivity index (χ1v) is 5.05. The molecule has 16 heavy (non-hydrogen) atoms. The van der Waals surface area contributed by atoms with E-state index in [9.17, 15) is 0 Å². The Kier molecular flexibility index (Phi) is 1.96. The van der Waals surface area contributed by atoms with Crippen molar-refractivity contribution in [2.75, 3.05) is 0 Å². The Labute approximate surface area is 93.4 Å². The van der Waals surface area contributed by atoms with E-state index in [1.807, 2.05) is 41.0 Å². The number of fused-ring (bicyclic) bond motifs is 1. The smallest absolute Gasteiger partial charge is 0.164 e. The van der Waals surface area contributed by atoms with Gasteiger partial charge in [0.25, 0.3) is 0 Å².